The lowest BCUT2D eigenvalue weighted by atomic mass is 10.1. The minimum Gasteiger partial charge on any atom is -0.397 e. The van der Waals surface area contributed by atoms with E-state index in [-0.39, 0.29) is 66.3 Å². The molecule has 12 aromatic rings. The van der Waals surface area contributed by atoms with Crippen LogP contribution in [0.3, 0.4) is 0 Å². The molecule has 3 aromatic carbocycles. The summed E-state index contributed by atoms with van der Waals surface area (Å²) in [7, 11) is 3.75. The lowest BCUT2D eigenvalue weighted by Crippen LogP contribution is -2.28. The number of nitrogens with zero attached hydrogens (tertiary/aromatic N) is 16. The molecule has 4 amide bonds. The molecule has 9 aromatic heterocycles. The molecule has 16 rings (SSSR count). The summed E-state index contributed by atoms with van der Waals surface area (Å²) in [6.07, 6.45) is 7.54. The van der Waals surface area contributed by atoms with Crippen LogP contribution in [0.4, 0.5) is 44.7 Å². The van der Waals surface area contributed by atoms with Crippen molar-refractivity contribution in [3.63, 3.8) is 0 Å². The van der Waals surface area contributed by atoms with Gasteiger partial charge < -0.3 is 42.5 Å². The molecule has 4 aliphatic heterocycles. The summed E-state index contributed by atoms with van der Waals surface area (Å²) in [5.41, 5.74) is 37.4. The van der Waals surface area contributed by atoms with Gasteiger partial charge in [-0.05, 0) is 111 Å². The second kappa shape index (κ2) is 31.1. The minimum absolute atomic E-state index is 0.00113. The molecule has 24 nitrogen and oxygen atoms in total. The number of benzene rings is 3. The molecule has 107 heavy (non-hydrogen) atoms. The van der Waals surface area contributed by atoms with E-state index in [4.69, 9.17) is 34.5 Å². The molecular weight excluding hydrogens is 1420 g/mol. The molecule has 8 N–H and O–H groups in total. The molecule has 31 heteroatoms. The summed E-state index contributed by atoms with van der Waals surface area (Å²) in [5, 5.41) is 8.73. The third-order valence-electron chi connectivity index (χ3n) is 18.1. The first-order valence-electron chi connectivity index (χ1n) is 33.5. The summed E-state index contributed by atoms with van der Waals surface area (Å²) in [6, 6.07) is 29.9. The fraction of sp³-hybridized carbons (Fsp3) is 0.211. The Morgan fingerprint density at radius 1 is 0.411 bits per heavy atom. The zero-order valence-corrected chi connectivity index (χ0v) is 59.7. The van der Waals surface area contributed by atoms with E-state index < -0.39 is 23.3 Å². The third-order valence-corrected chi connectivity index (χ3v) is 19.3. The summed E-state index contributed by atoms with van der Waals surface area (Å²) >= 11 is 7.44. The van der Waals surface area contributed by atoms with Gasteiger partial charge in [-0.2, -0.15) is 10.2 Å². The van der Waals surface area contributed by atoms with E-state index in [1.165, 1.54) is 29.5 Å². The average Bonchev–Trinajstić information content (AvgIpc) is 1.72. The average molecular weight is 1490 g/mol. The maximum absolute atomic E-state index is 14.1. The highest BCUT2D eigenvalue weighted by molar-refractivity contribution is 7.19. The Kier molecular flexibility index (Phi) is 21.2. The maximum Gasteiger partial charge on any atom is 0.229 e. The molecule has 0 spiro atoms. The van der Waals surface area contributed by atoms with Crippen LogP contribution < -0.4 is 22.9 Å². The molecule has 4 aliphatic rings. The monoisotopic (exact) mass is 1490 g/mol. The van der Waals surface area contributed by atoms with E-state index in [2.05, 4.69) is 50.1 Å². The number of aryl methyl sites for hydroxylation is 4. The van der Waals surface area contributed by atoms with Crippen molar-refractivity contribution < 1.29 is 41.1 Å². The van der Waals surface area contributed by atoms with Gasteiger partial charge in [-0.3, -0.25) is 43.5 Å². The van der Waals surface area contributed by atoms with Gasteiger partial charge in [0.05, 0.1) is 152 Å². The summed E-state index contributed by atoms with van der Waals surface area (Å²) in [6.45, 7) is 7.42. The Labute approximate surface area is 618 Å². The van der Waals surface area contributed by atoms with Crippen LogP contribution in [0.2, 0.25) is 4.34 Å². The summed E-state index contributed by atoms with van der Waals surface area (Å²) in [5.74, 6) is -2.21. The Hall–Kier alpha value is -12.4. The number of pyridine rings is 4. The highest BCUT2D eigenvalue weighted by atomic mass is 35.5. The number of fused-ring (bicyclic) bond motifs is 4. The predicted octanol–water partition coefficient (Wildman–Crippen LogP) is 10.7. The molecule has 0 fully saturated rings. The third kappa shape index (κ3) is 16.9. The van der Waals surface area contributed by atoms with Crippen molar-refractivity contribution in [2.45, 2.75) is 91.9 Å². The molecule has 0 radical (unpaired) electrons. The standard InChI is InChI=1S/2C20H17F2N5O.C19H18FN5O.C17H16ClN5OS/c2*1-11-24-8-12-9-27(10-19(12)25-11)20(28)7-18-16(23)4-5-17(26-18)14-3-2-13(21)6-15(14)22;1-24-9-12-10-25(11-18(12)23-24)19(26)8-17-15(21)6-7-16(22-17)13-4-2-3-5-14(13)20;1-22-7-10-8-23(9-14(10)21-22)17(24)6-13-11(19)2-3-12(20-13)15-4-5-16(18)25-15/h2*2-6,8H,7,9-10,23H2,1H3;2-7,9H,8,10-11,21H2,1H3;2-5,7H,6,8-9,19H2,1H3. The number of thiophene rings is 1. The molecule has 544 valence electrons. The molecule has 0 atom stereocenters. The summed E-state index contributed by atoms with van der Waals surface area (Å²) < 4.78 is 72.7. The second-order valence-electron chi connectivity index (χ2n) is 25.8. The van der Waals surface area contributed by atoms with Gasteiger partial charge in [0.1, 0.15) is 40.7 Å². The van der Waals surface area contributed by atoms with Crippen molar-refractivity contribution in [3.05, 3.63) is 259 Å². The molecule has 0 aliphatic carbocycles. The number of halogens is 6. The zero-order chi connectivity index (χ0) is 75.5. The quantitative estimate of drug-likeness (QED) is 0.0826. The van der Waals surface area contributed by atoms with Gasteiger partial charge in [0.15, 0.2) is 0 Å². The van der Waals surface area contributed by atoms with Crippen LogP contribution >= 0.6 is 22.9 Å². The Morgan fingerprint density at radius 2 is 0.766 bits per heavy atom. The number of amides is 4. The van der Waals surface area contributed by atoms with E-state index in [0.717, 1.165) is 79.9 Å². The van der Waals surface area contributed by atoms with Crippen LogP contribution in [0.25, 0.3) is 44.3 Å². The fourth-order valence-corrected chi connectivity index (χ4v) is 13.5. The van der Waals surface area contributed by atoms with Crippen molar-refractivity contribution in [1.29, 1.82) is 0 Å². The summed E-state index contributed by atoms with van der Waals surface area (Å²) in [4.78, 5) is 93.3. The maximum atomic E-state index is 14.1. The molecular formula is C76H68ClF5N20O4S. The van der Waals surface area contributed by atoms with E-state index in [1.54, 1.807) is 116 Å². The van der Waals surface area contributed by atoms with Crippen LogP contribution in [0.1, 0.15) is 79.5 Å². The number of nitrogen functional groups attached to an aromatic ring is 4. The van der Waals surface area contributed by atoms with Crippen molar-refractivity contribution in [2.24, 2.45) is 14.1 Å². The van der Waals surface area contributed by atoms with E-state index in [1.807, 2.05) is 44.7 Å². The Bertz CT molecular complexity index is 5240. The van der Waals surface area contributed by atoms with Crippen LogP contribution in [0.5, 0.6) is 0 Å². The van der Waals surface area contributed by atoms with Gasteiger partial charge in [-0.15, -0.1) is 11.3 Å². The first kappa shape index (κ1) is 72.9. The van der Waals surface area contributed by atoms with Gasteiger partial charge >= 0.3 is 0 Å². The van der Waals surface area contributed by atoms with Gasteiger partial charge in [0, 0.05) is 116 Å². The topological polar surface area (TPSA) is 324 Å². The molecule has 0 saturated carbocycles. The van der Waals surface area contributed by atoms with Crippen LogP contribution in [0, 0.1) is 42.9 Å². The van der Waals surface area contributed by atoms with E-state index in [0.29, 0.717) is 137 Å². The smallest absolute Gasteiger partial charge is 0.229 e. The molecule has 0 unspecified atom stereocenters. The van der Waals surface area contributed by atoms with E-state index >= 15 is 0 Å². The van der Waals surface area contributed by atoms with Gasteiger partial charge in [-0.25, -0.2) is 46.9 Å². The molecule has 0 bridgehead atoms. The highest BCUT2D eigenvalue weighted by Crippen LogP contribution is 2.34. The van der Waals surface area contributed by atoms with Crippen LogP contribution in [-0.2, 0) is 111 Å². The van der Waals surface area contributed by atoms with Crippen molar-refractivity contribution in [1.82, 2.24) is 79.0 Å². The predicted molar refractivity (Wildman–Crippen MR) is 391 cm³/mol. The zero-order valence-electron chi connectivity index (χ0n) is 58.1. The normalized spacial score (nSPS) is 13.0. The van der Waals surface area contributed by atoms with Crippen LogP contribution in [-0.4, -0.2) is 103 Å². The van der Waals surface area contributed by atoms with Gasteiger partial charge in [-0.1, -0.05) is 23.7 Å². The number of carbonyl (C=O) groups excluding carboxylic acids is 4. The van der Waals surface area contributed by atoms with Crippen LogP contribution in [0.15, 0.2) is 146 Å². The number of anilines is 4. The highest BCUT2D eigenvalue weighted by Gasteiger charge is 2.31. The SMILES string of the molecule is Cc1ncc2c(n1)CN(C(=O)Cc1nc(-c3ccc(F)cc3F)ccc1N)C2.Cc1ncc2c(n1)CN(C(=O)Cc1nc(-c3ccc(F)cc3F)ccc1N)C2.Cn1cc2c(n1)CN(C(=O)Cc1nc(-c3ccc(Cl)s3)ccc1N)C2.Cn1cc2c(n1)CN(C(=O)Cc1nc(-c3ccccc3F)ccc1N)C2. The van der Waals surface area contributed by atoms with E-state index in [9.17, 15) is 41.1 Å². The molecule has 0 saturated heterocycles. The number of nitrogens with two attached hydrogens (primary N) is 4. The van der Waals surface area contributed by atoms with Crippen molar-refractivity contribution >= 4 is 69.3 Å². The number of hydrogen-bond donors (Lipinski definition) is 4. The first-order chi connectivity index (χ1) is 51.3. The fourth-order valence-electron chi connectivity index (χ4n) is 12.5. The molecule has 13 heterocycles. The van der Waals surface area contributed by atoms with Crippen molar-refractivity contribution in [2.75, 3.05) is 22.9 Å². The van der Waals surface area contributed by atoms with Gasteiger partial charge in [0.25, 0.3) is 0 Å². The lowest BCUT2D eigenvalue weighted by molar-refractivity contribution is -0.132. The van der Waals surface area contributed by atoms with Crippen molar-refractivity contribution in [3.8, 4) is 44.3 Å². The van der Waals surface area contributed by atoms with Gasteiger partial charge in [0.2, 0.25) is 23.6 Å². The first-order valence-corrected chi connectivity index (χ1v) is 34.7. The lowest BCUT2D eigenvalue weighted by Gasteiger charge is -2.16. The number of rotatable bonds is 12. The minimum atomic E-state index is -0.724. The second-order valence-corrected chi connectivity index (χ2v) is 27.5. The Morgan fingerprint density at radius 3 is 1.13 bits per heavy atom. The number of aromatic nitrogens is 12. The number of hydrogen-bond acceptors (Lipinski definition) is 19. The largest absolute Gasteiger partial charge is 0.397 e. The number of carbonyl (C=O) groups is 4. The Balaban J connectivity index is 0.000000126.